The number of aliphatic hydroxyl groups is 1. The maximum absolute atomic E-state index is 13.5. The summed E-state index contributed by atoms with van der Waals surface area (Å²) in [6, 6.07) is 14.7. The summed E-state index contributed by atoms with van der Waals surface area (Å²) in [5.41, 5.74) is 1.93. The van der Waals surface area contributed by atoms with Gasteiger partial charge in [-0.05, 0) is 36.0 Å². The molecular weight excluding hydrogens is 496 g/mol. The molecule has 0 bridgehead atoms. The maximum atomic E-state index is 13.5. The number of aryl methyl sites for hydroxylation is 1. The lowest BCUT2D eigenvalue weighted by Crippen LogP contribution is -2.59. The van der Waals surface area contributed by atoms with Crippen molar-refractivity contribution in [3.63, 3.8) is 0 Å². The van der Waals surface area contributed by atoms with Crippen LogP contribution in [-0.2, 0) is 27.2 Å². The highest BCUT2D eigenvalue weighted by atomic mass is 16.5. The van der Waals surface area contributed by atoms with Crippen LogP contribution >= 0.6 is 0 Å². The Balaban J connectivity index is 1.88. The second-order valence-corrected chi connectivity index (χ2v) is 10.1. The van der Waals surface area contributed by atoms with Crippen molar-refractivity contribution in [2.75, 3.05) is 33.4 Å². The molecule has 1 heterocycles. The highest BCUT2D eigenvalue weighted by Crippen LogP contribution is 2.20. The average molecular weight is 539 g/mol. The number of hydrogen-bond donors (Lipinski definition) is 4. The molecule has 0 saturated heterocycles. The van der Waals surface area contributed by atoms with Crippen LogP contribution < -0.4 is 20.7 Å². The van der Waals surface area contributed by atoms with Crippen LogP contribution in [0.4, 0.5) is 0 Å². The Bertz CT molecular complexity index is 1080. The first kappa shape index (κ1) is 30.1. The first-order valence-electron chi connectivity index (χ1n) is 13.8. The van der Waals surface area contributed by atoms with Gasteiger partial charge < -0.3 is 30.7 Å². The van der Waals surface area contributed by atoms with Crippen LogP contribution in [0, 0.1) is 5.92 Å². The predicted octanol–water partition coefficient (Wildman–Crippen LogP) is 1.68. The zero-order valence-corrected chi connectivity index (χ0v) is 23.2. The van der Waals surface area contributed by atoms with E-state index in [-0.39, 0.29) is 24.2 Å². The van der Waals surface area contributed by atoms with Gasteiger partial charge in [0.15, 0.2) is 0 Å². The van der Waals surface area contributed by atoms with Gasteiger partial charge in [-0.2, -0.15) is 0 Å². The molecule has 1 unspecified atom stereocenters. The number of fused-ring (bicyclic) bond motifs is 1. The van der Waals surface area contributed by atoms with E-state index in [2.05, 4.69) is 16.0 Å². The van der Waals surface area contributed by atoms with Crippen LogP contribution in [0.15, 0.2) is 54.6 Å². The fraction of sp³-hybridized carbons (Fsp3) is 0.500. The Labute approximate surface area is 231 Å². The minimum atomic E-state index is -1.14. The molecule has 0 saturated carbocycles. The fourth-order valence-corrected chi connectivity index (χ4v) is 4.69. The summed E-state index contributed by atoms with van der Waals surface area (Å²) < 4.78 is 6.04. The highest BCUT2D eigenvalue weighted by Gasteiger charge is 2.34. The number of para-hydroxylation sites is 1. The number of ether oxygens (including phenoxy) is 1. The minimum Gasteiger partial charge on any atom is -0.492 e. The quantitative estimate of drug-likeness (QED) is 0.460. The van der Waals surface area contributed by atoms with E-state index in [9.17, 15) is 19.5 Å². The van der Waals surface area contributed by atoms with E-state index in [1.54, 1.807) is 0 Å². The molecule has 0 spiro atoms. The molecule has 9 nitrogen and oxygen atoms in total. The van der Waals surface area contributed by atoms with E-state index in [4.69, 9.17) is 4.74 Å². The molecule has 4 atom stereocenters. The second-order valence-electron chi connectivity index (χ2n) is 10.1. The molecule has 0 aromatic heterocycles. The van der Waals surface area contributed by atoms with Crippen LogP contribution in [0.25, 0.3) is 0 Å². The summed E-state index contributed by atoms with van der Waals surface area (Å²) in [7, 11) is 1.51. The fourth-order valence-electron chi connectivity index (χ4n) is 4.69. The van der Waals surface area contributed by atoms with Crippen molar-refractivity contribution >= 4 is 17.7 Å². The molecule has 9 heteroatoms. The van der Waals surface area contributed by atoms with Gasteiger partial charge in [-0.25, -0.2) is 0 Å². The third-order valence-corrected chi connectivity index (χ3v) is 7.30. The summed E-state index contributed by atoms with van der Waals surface area (Å²) in [5.74, 6) is -0.431. The van der Waals surface area contributed by atoms with Crippen LogP contribution in [0.2, 0.25) is 0 Å². The molecule has 0 radical (unpaired) electrons. The number of carbonyl (C=O) groups excluding carboxylic acids is 3. The molecule has 39 heavy (non-hydrogen) atoms. The third kappa shape index (κ3) is 8.53. The van der Waals surface area contributed by atoms with Crippen molar-refractivity contribution in [2.24, 2.45) is 5.92 Å². The van der Waals surface area contributed by atoms with Crippen molar-refractivity contribution in [2.45, 2.75) is 57.7 Å². The number of hydrogen-bond acceptors (Lipinski definition) is 6. The van der Waals surface area contributed by atoms with Crippen LogP contribution in [-0.4, -0.2) is 79.2 Å². The van der Waals surface area contributed by atoms with E-state index < -0.39 is 30.6 Å². The average Bonchev–Trinajstić information content (AvgIpc) is 2.95. The van der Waals surface area contributed by atoms with Crippen molar-refractivity contribution < 1.29 is 24.2 Å². The lowest BCUT2D eigenvalue weighted by Gasteiger charge is -2.33. The molecule has 212 valence electrons. The van der Waals surface area contributed by atoms with Gasteiger partial charge in [0.05, 0.1) is 12.6 Å². The molecule has 3 rings (SSSR count). The normalized spacial score (nSPS) is 22.9. The van der Waals surface area contributed by atoms with Crippen molar-refractivity contribution in [3.8, 4) is 5.75 Å². The molecule has 4 N–H and O–H groups in total. The number of benzene rings is 2. The molecule has 0 aliphatic carbocycles. The highest BCUT2D eigenvalue weighted by molar-refractivity contribution is 5.93. The number of rotatable bonds is 5. The summed E-state index contributed by atoms with van der Waals surface area (Å²) in [5, 5.41) is 19.2. The van der Waals surface area contributed by atoms with Gasteiger partial charge >= 0.3 is 0 Å². The summed E-state index contributed by atoms with van der Waals surface area (Å²) in [6.07, 6.45) is 2.44. The standard InChI is InChI=1S/C30H42N4O5/c1-4-21(2)27-30(38)34(3)25(20-35)29(37)33-24(19-22-11-6-5-7-12-22)28(36)32-16-10-14-23-13-8-9-15-26(23)39-18-17-31-27/h5-9,11-13,15,21,24-25,27,31,35H,4,10,14,16-20H2,1-3H3,(H,32,36)(H,33,37)/t21?,24-,25-,27+/m1/s1. The molecule has 3 amide bonds. The third-order valence-electron chi connectivity index (χ3n) is 7.30. The number of carbonyl (C=O) groups is 3. The zero-order chi connectivity index (χ0) is 28.2. The molecule has 1 aliphatic rings. The number of aliphatic hydroxyl groups excluding tert-OH is 1. The van der Waals surface area contributed by atoms with Crippen LogP contribution in [0.5, 0.6) is 5.75 Å². The number of amides is 3. The van der Waals surface area contributed by atoms with Gasteiger partial charge in [-0.1, -0.05) is 68.8 Å². The first-order valence-corrected chi connectivity index (χ1v) is 13.8. The smallest absolute Gasteiger partial charge is 0.245 e. The second kappa shape index (κ2) is 15.2. The molecule has 2 aromatic carbocycles. The first-order chi connectivity index (χ1) is 18.8. The summed E-state index contributed by atoms with van der Waals surface area (Å²) in [6.45, 7) is 4.63. The Morgan fingerprint density at radius 3 is 2.46 bits per heavy atom. The van der Waals surface area contributed by atoms with Gasteiger partial charge in [-0.3, -0.25) is 14.4 Å². The van der Waals surface area contributed by atoms with Crippen molar-refractivity contribution in [3.05, 3.63) is 65.7 Å². The number of likely N-dealkylation sites (N-methyl/N-ethyl adjacent to an activating group) is 1. The largest absolute Gasteiger partial charge is 0.492 e. The van der Waals surface area contributed by atoms with Crippen molar-refractivity contribution in [1.82, 2.24) is 20.9 Å². The van der Waals surface area contributed by atoms with Gasteiger partial charge in [0, 0.05) is 26.6 Å². The molecular formula is C30H42N4O5. The van der Waals surface area contributed by atoms with Gasteiger partial charge in [0.1, 0.15) is 24.4 Å². The number of nitrogens with one attached hydrogen (secondary N) is 3. The SMILES string of the molecule is CCC(C)[C@@H]1NCCOc2ccccc2CCCNC(=O)[C@@H](Cc2ccccc2)NC(=O)[C@@H](CO)N(C)C1=O. The Morgan fingerprint density at radius 1 is 1.03 bits per heavy atom. The van der Waals surface area contributed by atoms with Gasteiger partial charge in [0.2, 0.25) is 17.7 Å². The molecule has 1 aliphatic heterocycles. The van der Waals surface area contributed by atoms with E-state index in [1.807, 2.05) is 68.4 Å². The lowest BCUT2D eigenvalue weighted by atomic mass is 9.97. The zero-order valence-electron chi connectivity index (χ0n) is 23.2. The lowest BCUT2D eigenvalue weighted by molar-refractivity contribution is -0.143. The molecule has 2 aromatic rings. The molecule has 0 fully saturated rings. The Morgan fingerprint density at radius 2 is 1.74 bits per heavy atom. The minimum absolute atomic E-state index is 0.0168. The van der Waals surface area contributed by atoms with E-state index in [0.717, 1.165) is 23.3 Å². The van der Waals surface area contributed by atoms with E-state index in [1.165, 1.54) is 11.9 Å². The van der Waals surface area contributed by atoms with Crippen LogP contribution in [0.1, 0.15) is 37.8 Å². The van der Waals surface area contributed by atoms with Gasteiger partial charge in [0.25, 0.3) is 0 Å². The monoisotopic (exact) mass is 538 g/mol. The van der Waals surface area contributed by atoms with Crippen molar-refractivity contribution in [1.29, 1.82) is 0 Å². The topological polar surface area (TPSA) is 120 Å². The van der Waals surface area contributed by atoms with E-state index >= 15 is 0 Å². The Hall–Kier alpha value is -3.43. The van der Waals surface area contributed by atoms with Gasteiger partial charge in [-0.15, -0.1) is 0 Å². The maximum Gasteiger partial charge on any atom is 0.245 e. The summed E-state index contributed by atoms with van der Waals surface area (Å²) in [4.78, 5) is 41.4. The predicted molar refractivity (Wildman–Crippen MR) is 150 cm³/mol. The Kier molecular flexibility index (Phi) is 11.8. The van der Waals surface area contributed by atoms with Crippen LogP contribution in [0.3, 0.4) is 0 Å². The number of nitrogens with zero attached hydrogens (tertiary/aromatic N) is 1. The summed E-state index contributed by atoms with van der Waals surface area (Å²) >= 11 is 0. The van der Waals surface area contributed by atoms with E-state index in [0.29, 0.717) is 32.5 Å².